The summed E-state index contributed by atoms with van der Waals surface area (Å²) in [5.41, 5.74) is -1.04. The highest BCUT2D eigenvalue weighted by atomic mass is 16.5. The number of piperidine rings is 1. The molecular weight excluding hydrogens is 256 g/mol. The van der Waals surface area contributed by atoms with Gasteiger partial charge in [-0.15, -0.1) is 10.3 Å². The van der Waals surface area contributed by atoms with Crippen LogP contribution in [0.25, 0.3) is 0 Å². The summed E-state index contributed by atoms with van der Waals surface area (Å²) in [6.45, 7) is 8.81. The molecule has 1 aliphatic rings. The zero-order valence-electron chi connectivity index (χ0n) is 14.0. The van der Waals surface area contributed by atoms with Crippen LogP contribution in [-0.4, -0.2) is 60.9 Å². The van der Waals surface area contributed by atoms with Crippen molar-refractivity contribution in [2.75, 3.05) is 34.3 Å². The van der Waals surface area contributed by atoms with Gasteiger partial charge < -0.3 is 9.22 Å². The molecule has 1 fully saturated rings. The fourth-order valence-corrected chi connectivity index (χ4v) is 2.97. The van der Waals surface area contributed by atoms with E-state index in [1.807, 2.05) is 27.7 Å². The molecule has 0 aromatic heterocycles. The van der Waals surface area contributed by atoms with Crippen molar-refractivity contribution in [1.29, 1.82) is 0 Å². The summed E-state index contributed by atoms with van der Waals surface area (Å²) in [5, 5.41) is 13.4. The molecule has 0 aromatic rings. The number of rotatable bonds is 4. The predicted molar refractivity (Wildman–Crippen MR) is 77.3 cm³/mol. The van der Waals surface area contributed by atoms with Crippen molar-refractivity contribution >= 4 is 5.97 Å². The van der Waals surface area contributed by atoms with Gasteiger partial charge in [0.05, 0.1) is 27.1 Å². The highest BCUT2D eigenvalue weighted by molar-refractivity contribution is 5.73. The summed E-state index contributed by atoms with van der Waals surface area (Å²) in [6, 6.07) is 0. The van der Waals surface area contributed by atoms with E-state index in [1.54, 1.807) is 0 Å². The van der Waals surface area contributed by atoms with Gasteiger partial charge in [-0.3, -0.25) is 4.79 Å². The number of quaternary nitrogens is 1. The van der Waals surface area contributed by atoms with Gasteiger partial charge in [-0.2, -0.15) is 0 Å². The molecule has 0 saturated carbocycles. The van der Waals surface area contributed by atoms with Gasteiger partial charge in [-0.05, 0) is 40.5 Å². The molecule has 5 nitrogen and oxygen atoms in total. The lowest BCUT2D eigenvalue weighted by atomic mass is 9.75. The third-order valence-corrected chi connectivity index (χ3v) is 3.93. The lowest BCUT2D eigenvalue weighted by molar-refractivity contribution is -0.870. The largest absolute Gasteiger partial charge is 0.459 e. The average Bonchev–Trinajstić information content (AvgIpc) is 2.23. The number of hydrogen-bond donors (Lipinski definition) is 0. The molecule has 1 rings (SSSR count). The lowest BCUT2D eigenvalue weighted by Crippen LogP contribution is -2.59. The monoisotopic (exact) mass is 286 g/mol. The van der Waals surface area contributed by atoms with Crippen LogP contribution in [0.15, 0.2) is 0 Å². The van der Waals surface area contributed by atoms with Gasteiger partial charge in [0.2, 0.25) is 0 Å². The highest BCUT2D eigenvalue weighted by Crippen LogP contribution is 2.40. The van der Waals surface area contributed by atoms with Crippen molar-refractivity contribution in [3.05, 3.63) is 0 Å². The first-order valence-electron chi connectivity index (χ1n) is 7.30. The van der Waals surface area contributed by atoms with E-state index < -0.39 is 11.1 Å². The van der Waals surface area contributed by atoms with Crippen LogP contribution in [0.1, 0.15) is 40.5 Å². The Morgan fingerprint density at radius 2 is 1.60 bits per heavy atom. The van der Waals surface area contributed by atoms with Gasteiger partial charge in [0.15, 0.2) is 0 Å². The summed E-state index contributed by atoms with van der Waals surface area (Å²) in [7, 11) is 6.20. The molecular formula is C15H30N2O3+. The second-order valence-electron chi connectivity index (χ2n) is 8.21. The van der Waals surface area contributed by atoms with Gasteiger partial charge >= 0.3 is 5.97 Å². The molecule has 0 atom stereocenters. The molecule has 1 heterocycles. The average molecular weight is 286 g/mol. The van der Waals surface area contributed by atoms with Crippen LogP contribution < -0.4 is 0 Å². The molecule has 0 amide bonds. The van der Waals surface area contributed by atoms with Crippen LogP contribution >= 0.6 is 0 Å². The summed E-state index contributed by atoms with van der Waals surface area (Å²) < 4.78 is 6.17. The van der Waals surface area contributed by atoms with E-state index in [4.69, 9.17) is 4.74 Å². The Morgan fingerprint density at radius 3 is 2.00 bits per heavy atom. The second kappa shape index (κ2) is 5.62. The van der Waals surface area contributed by atoms with Gasteiger partial charge in [0.25, 0.3) is 0 Å². The fraction of sp³-hybridized carbons (Fsp3) is 0.933. The van der Waals surface area contributed by atoms with Crippen molar-refractivity contribution in [2.45, 2.75) is 51.6 Å². The van der Waals surface area contributed by atoms with Crippen molar-refractivity contribution in [3.8, 4) is 0 Å². The van der Waals surface area contributed by atoms with E-state index in [1.165, 1.54) is 0 Å². The minimum atomic E-state index is -0.522. The first-order valence-corrected chi connectivity index (χ1v) is 7.30. The molecule has 0 aliphatic carbocycles. The highest BCUT2D eigenvalue weighted by Gasteiger charge is 2.48. The quantitative estimate of drug-likeness (QED) is 0.585. The van der Waals surface area contributed by atoms with Gasteiger partial charge in [0.1, 0.15) is 13.2 Å². The fourth-order valence-electron chi connectivity index (χ4n) is 2.97. The van der Waals surface area contributed by atoms with Crippen LogP contribution in [0.5, 0.6) is 0 Å². The minimum absolute atomic E-state index is 0.160. The number of carbonyl (C=O) groups excluding carboxylic acids is 1. The van der Waals surface area contributed by atoms with Crippen LogP contribution in [0.2, 0.25) is 0 Å². The number of nitrogens with zero attached hydrogens (tertiary/aromatic N) is 2. The Bertz CT molecular complexity index is 341. The maximum absolute atomic E-state index is 12.2. The zero-order chi connectivity index (χ0) is 15.8. The molecule has 1 radical (unpaired) electrons. The van der Waals surface area contributed by atoms with Crippen molar-refractivity contribution < 1.29 is 19.2 Å². The topological polar surface area (TPSA) is 49.4 Å². The Hall–Kier alpha value is -0.650. The number of hydrogen-bond acceptors (Lipinski definition) is 3. The minimum Gasteiger partial charge on any atom is -0.459 e. The number of esters is 1. The Labute approximate surface area is 123 Å². The van der Waals surface area contributed by atoms with Crippen LogP contribution in [-0.2, 0) is 14.7 Å². The van der Waals surface area contributed by atoms with E-state index in [-0.39, 0.29) is 11.9 Å². The molecule has 0 bridgehead atoms. The summed E-state index contributed by atoms with van der Waals surface area (Å²) >= 11 is 0. The summed E-state index contributed by atoms with van der Waals surface area (Å²) in [6.07, 6.45) is 1.12. The van der Waals surface area contributed by atoms with Gasteiger partial charge in [-0.1, -0.05) is 0 Å². The molecule has 1 aliphatic heterocycles. The first-order chi connectivity index (χ1) is 8.85. The Balaban J connectivity index is 2.61. The number of likely N-dealkylation sites (N-methyl/N-ethyl adjacent to an activating group) is 1. The smallest absolute Gasteiger partial charge is 0.309 e. The van der Waals surface area contributed by atoms with E-state index in [0.29, 0.717) is 19.4 Å². The van der Waals surface area contributed by atoms with Gasteiger partial charge in [-0.25, -0.2) is 0 Å². The first kappa shape index (κ1) is 17.4. The maximum Gasteiger partial charge on any atom is 0.309 e. The summed E-state index contributed by atoms with van der Waals surface area (Å²) in [5.74, 6) is -0.342. The van der Waals surface area contributed by atoms with Crippen molar-refractivity contribution in [3.63, 3.8) is 0 Å². The molecule has 1 saturated heterocycles. The Kier molecular flexibility index (Phi) is 4.89. The molecule has 0 unspecified atom stereocenters. The normalized spacial score (nSPS) is 23.6. The van der Waals surface area contributed by atoms with E-state index in [0.717, 1.165) is 16.1 Å². The number of hydroxylamine groups is 2. The predicted octanol–water partition coefficient (Wildman–Crippen LogP) is 1.85. The van der Waals surface area contributed by atoms with Crippen LogP contribution in [0.4, 0.5) is 0 Å². The SMILES string of the molecule is CC1(C)CC(C(=O)OCC[N+](C)(C)C)CC(C)(C)N1[O]. The molecule has 117 valence electrons. The molecule has 5 heteroatoms. The van der Waals surface area contributed by atoms with E-state index in [9.17, 15) is 10.0 Å². The maximum atomic E-state index is 12.2. The Morgan fingerprint density at radius 1 is 1.15 bits per heavy atom. The molecule has 0 aromatic carbocycles. The molecule has 0 N–H and O–H groups in total. The second-order valence-corrected chi connectivity index (χ2v) is 8.21. The summed E-state index contributed by atoms with van der Waals surface area (Å²) in [4.78, 5) is 12.2. The lowest BCUT2D eigenvalue weighted by Gasteiger charge is -2.49. The third-order valence-electron chi connectivity index (χ3n) is 3.93. The molecule has 0 spiro atoms. The number of carbonyl (C=O) groups is 1. The van der Waals surface area contributed by atoms with Crippen molar-refractivity contribution in [1.82, 2.24) is 5.06 Å². The number of ether oxygens (including phenoxy) is 1. The van der Waals surface area contributed by atoms with E-state index in [2.05, 4.69) is 21.1 Å². The van der Waals surface area contributed by atoms with Gasteiger partial charge in [0, 0.05) is 11.1 Å². The zero-order valence-corrected chi connectivity index (χ0v) is 14.0. The van der Waals surface area contributed by atoms with Crippen LogP contribution in [0.3, 0.4) is 0 Å². The standard InChI is InChI=1S/C15H30N2O3/c1-14(2)10-12(11-15(3,4)16(14)19)13(18)20-9-8-17(5,6)7/h12H,8-11H2,1-7H3/q+1. The van der Waals surface area contributed by atoms with Crippen LogP contribution in [0, 0.1) is 5.92 Å². The van der Waals surface area contributed by atoms with E-state index >= 15 is 0 Å². The third kappa shape index (κ3) is 4.43. The molecule has 20 heavy (non-hydrogen) atoms. The van der Waals surface area contributed by atoms with Crippen molar-refractivity contribution in [2.24, 2.45) is 5.92 Å².